The molecule has 1 heterocycles. The zero-order chi connectivity index (χ0) is 5.98. The average molecular weight is 174 g/mol. The van der Waals surface area contributed by atoms with Crippen LogP contribution >= 0.6 is 0 Å². The fraction of sp³-hybridized carbons (Fsp3) is 0.200. The van der Waals surface area contributed by atoms with Crippen LogP contribution < -0.4 is 0 Å². The van der Waals surface area contributed by atoms with E-state index in [-0.39, 0.29) is 15.8 Å². The summed E-state index contributed by atoms with van der Waals surface area (Å²) in [5.41, 5.74) is 0. The van der Waals surface area contributed by atoms with Gasteiger partial charge in [0.2, 0.25) is 0 Å². The van der Waals surface area contributed by atoms with Crippen molar-refractivity contribution in [1.29, 1.82) is 0 Å². The van der Waals surface area contributed by atoms with Gasteiger partial charge in [-0.3, -0.25) is 0 Å². The van der Waals surface area contributed by atoms with E-state index in [0.717, 1.165) is 4.36 Å². The third-order valence-electron chi connectivity index (χ3n) is 0.900. The number of hydrogen-bond acceptors (Lipinski definition) is 2. The number of hydrogen-bond donors (Lipinski definition) is 2. The first-order chi connectivity index (χ1) is 3.80. The van der Waals surface area contributed by atoms with E-state index >= 15 is 0 Å². The maximum atomic E-state index is 8.53. The van der Waals surface area contributed by atoms with Gasteiger partial charge >= 0.3 is 53.6 Å². The molecule has 3 heteroatoms. The molecule has 0 saturated carbocycles. The van der Waals surface area contributed by atoms with E-state index in [4.69, 9.17) is 10.2 Å². The van der Waals surface area contributed by atoms with Gasteiger partial charge in [-0.1, -0.05) is 0 Å². The van der Waals surface area contributed by atoms with E-state index in [0.29, 0.717) is 0 Å². The zero-order valence-corrected chi connectivity index (χ0v) is 6.30. The van der Waals surface area contributed by atoms with E-state index in [9.17, 15) is 0 Å². The number of allylic oxidation sites excluding steroid dienone is 2. The molecule has 2 nitrogen and oxygen atoms in total. The van der Waals surface area contributed by atoms with Gasteiger partial charge in [-0.05, 0) is 0 Å². The molecule has 1 atom stereocenters. The first-order valence-corrected chi connectivity index (χ1v) is 4.56. The van der Waals surface area contributed by atoms with Crippen LogP contribution in [0.25, 0.3) is 0 Å². The van der Waals surface area contributed by atoms with Crippen LogP contribution in [-0.2, 0) is 0 Å². The summed E-state index contributed by atoms with van der Waals surface area (Å²) in [4.78, 5) is 2.01. The molecule has 1 aliphatic heterocycles. The van der Waals surface area contributed by atoms with Gasteiger partial charge in [-0.25, -0.2) is 0 Å². The van der Waals surface area contributed by atoms with Crippen molar-refractivity contribution in [2.24, 2.45) is 0 Å². The van der Waals surface area contributed by atoms with Crippen molar-refractivity contribution >= 4 is 15.8 Å². The normalized spacial score (nSPS) is 20.6. The molecular weight excluding hydrogens is 167 g/mol. The molecule has 44 valence electrons. The summed E-state index contributed by atoms with van der Waals surface area (Å²) >= 11 is -0.301. The van der Waals surface area contributed by atoms with Gasteiger partial charge in [0.1, 0.15) is 0 Å². The fourth-order valence-corrected chi connectivity index (χ4v) is 2.03. The predicted octanol–water partition coefficient (Wildman–Crippen LogP) is -0.855. The Morgan fingerprint density at radius 3 is 2.50 bits per heavy atom. The Bertz CT molecular complexity index is 137. The molecule has 0 aromatic carbocycles. The SMILES string of the molecule is OC(O)C1=CC=C[AsH]1. The topological polar surface area (TPSA) is 40.5 Å². The molecule has 1 aliphatic rings. The average Bonchev–Trinajstić information content (AvgIpc) is 2.12. The van der Waals surface area contributed by atoms with Crippen LogP contribution in [-0.4, -0.2) is 32.3 Å². The van der Waals surface area contributed by atoms with Crippen molar-refractivity contribution in [1.82, 2.24) is 0 Å². The quantitative estimate of drug-likeness (QED) is 0.401. The Morgan fingerprint density at radius 1 is 1.50 bits per heavy atom. The van der Waals surface area contributed by atoms with Crippen molar-refractivity contribution < 1.29 is 10.2 Å². The minimum absolute atomic E-state index is 0.301. The Kier molecular flexibility index (Phi) is 1.89. The van der Waals surface area contributed by atoms with Crippen molar-refractivity contribution in [3.63, 3.8) is 0 Å². The van der Waals surface area contributed by atoms with Gasteiger partial charge in [-0.15, -0.1) is 0 Å². The van der Waals surface area contributed by atoms with E-state index in [1.807, 2.05) is 10.9 Å². The molecule has 0 saturated heterocycles. The minimum atomic E-state index is -1.20. The fourth-order valence-electron chi connectivity index (χ4n) is 0.505. The van der Waals surface area contributed by atoms with Crippen molar-refractivity contribution in [3.8, 4) is 0 Å². The Labute approximate surface area is 54.2 Å². The molecule has 0 radical (unpaired) electrons. The first-order valence-electron chi connectivity index (χ1n) is 2.30. The van der Waals surface area contributed by atoms with Gasteiger partial charge in [0.25, 0.3) is 0 Å². The molecule has 0 aliphatic carbocycles. The van der Waals surface area contributed by atoms with Gasteiger partial charge < -0.3 is 0 Å². The molecule has 8 heavy (non-hydrogen) atoms. The monoisotopic (exact) mass is 174 g/mol. The van der Waals surface area contributed by atoms with Crippen LogP contribution in [0.4, 0.5) is 0 Å². The maximum absolute atomic E-state index is 8.53. The molecular formula is C5H7AsO2. The van der Waals surface area contributed by atoms with Crippen LogP contribution in [0.2, 0.25) is 0 Å². The molecule has 0 amide bonds. The van der Waals surface area contributed by atoms with Crippen LogP contribution in [0.1, 0.15) is 0 Å². The van der Waals surface area contributed by atoms with Crippen LogP contribution in [0.3, 0.4) is 0 Å². The molecule has 0 spiro atoms. The summed E-state index contributed by atoms with van der Waals surface area (Å²) in [6.45, 7) is 0. The van der Waals surface area contributed by atoms with Gasteiger partial charge in [0.15, 0.2) is 0 Å². The third kappa shape index (κ3) is 1.22. The van der Waals surface area contributed by atoms with Crippen LogP contribution in [0.5, 0.6) is 0 Å². The van der Waals surface area contributed by atoms with Crippen LogP contribution in [0, 0.1) is 0 Å². The van der Waals surface area contributed by atoms with Crippen LogP contribution in [0.15, 0.2) is 21.4 Å². The predicted molar refractivity (Wildman–Crippen MR) is 32.6 cm³/mol. The zero-order valence-electron chi connectivity index (χ0n) is 4.20. The molecule has 1 unspecified atom stereocenters. The van der Waals surface area contributed by atoms with Gasteiger partial charge in [-0.2, -0.15) is 0 Å². The molecule has 0 aromatic rings. The molecule has 2 N–H and O–H groups in total. The number of rotatable bonds is 1. The van der Waals surface area contributed by atoms with Gasteiger partial charge in [0, 0.05) is 0 Å². The van der Waals surface area contributed by atoms with Crippen molar-refractivity contribution in [2.45, 2.75) is 6.29 Å². The second kappa shape index (κ2) is 2.49. The summed E-state index contributed by atoms with van der Waals surface area (Å²) in [6.07, 6.45) is 2.43. The summed E-state index contributed by atoms with van der Waals surface area (Å²) in [6, 6.07) is 0. The van der Waals surface area contributed by atoms with E-state index in [1.54, 1.807) is 6.08 Å². The molecule has 0 fully saturated rings. The summed E-state index contributed by atoms with van der Waals surface area (Å²) in [7, 11) is 0. The Balaban J connectivity index is 2.51. The second-order valence-electron chi connectivity index (χ2n) is 1.50. The van der Waals surface area contributed by atoms with E-state index in [2.05, 4.69) is 0 Å². The molecule has 0 aromatic heterocycles. The summed E-state index contributed by atoms with van der Waals surface area (Å²) < 4.78 is 0.796. The van der Waals surface area contributed by atoms with E-state index in [1.165, 1.54) is 0 Å². The summed E-state index contributed by atoms with van der Waals surface area (Å²) in [5, 5.41) is 17.1. The second-order valence-corrected chi connectivity index (χ2v) is 4.02. The molecule has 1 rings (SSSR count). The summed E-state index contributed by atoms with van der Waals surface area (Å²) in [5.74, 6) is 0. The third-order valence-corrected chi connectivity index (χ3v) is 3.24. The van der Waals surface area contributed by atoms with Crippen molar-refractivity contribution in [3.05, 3.63) is 21.4 Å². The standard InChI is InChI=1S/C5H7AsO2/c7-5(8)4-2-1-3-6-4/h1-3,5-8H. The molecule has 0 bridgehead atoms. The first kappa shape index (κ1) is 6.08. The number of aliphatic hydroxyl groups excluding tert-OH is 1. The Morgan fingerprint density at radius 2 is 2.25 bits per heavy atom. The Hall–Kier alpha value is -0.0416. The van der Waals surface area contributed by atoms with Crippen molar-refractivity contribution in [2.75, 3.05) is 0 Å². The van der Waals surface area contributed by atoms with E-state index < -0.39 is 6.29 Å². The van der Waals surface area contributed by atoms with Gasteiger partial charge in [0.05, 0.1) is 0 Å². The number of aliphatic hydroxyl groups is 2.